The van der Waals surface area contributed by atoms with Gasteiger partial charge < -0.3 is 19.9 Å². The third-order valence-electron chi connectivity index (χ3n) is 3.74. The second-order valence-corrected chi connectivity index (χ2v) is 7.89. The van der Waals surface area contributed by atoms with Crippen LogP contribution in [0.1, 0.15) is 5.56 Å². The Kier molecular flexibility index (Phi) is 5.61. The highest BCUT2D eigenvalue weighted by atomic mass is 31.2. The van der Waals surface area contributed by atoms with Crippen LogP contribution in [0.25, 0.3) is 0 Å². The average Bonchev–Trinajstić information content (AvgIpc) is 2.65. The van der Waals surface area contributed by atoms with Gasteiger partial charge in [0.15, 0.2) is 0 Å². The molecule has 3 rings (SSSR count). The summed E-state index contributed by atoms with van der Waals surface area (Å²) in [6.45, 7) is 0. The molecule has 0 spiro atoms. The van der Waals surface area contributed by atoms with Crippen molar-refractivity contribution in [3.8, 4) is 17.2 Å². The molecule has 3 aromatic carbocycles. The Balaban J connectivity index is 1.85. The summed E-state index contributed by atoms with van der Waals surface area (Å²) < 4.78 is 24.9. The molecule has 6 heteroatoms. The molecule has 5 nitrogen and oxygen atoms in total. The monoisotopic (exact) mass is 369 g/mol. The number of para-hydroxylation sites is 2. The number of phenolic OH excluding ortho intramolecular Hbond substituents is 1. The Bertz CT molecular complexity index is 824. The van der Waals surface area contributed by atoms with Gasteiger partial charge in [0.05, 0.1) is 0 Å². The van der Waals surface area contributed by atoms with Crippen LogP contribution in [-0.4, -0.2) is 10.9 Å². The predicted octanol–water partition coefficient (Wildman–Crippen LogP) is 4.57. The quantitative estimate of drug-likeness (QED) is 0.596. The van der Waals surface area contributed by atoms with Crippen LogP contribution in [0.4, 0.5) is 0 Å². The van der Waals surface area contributed by atoms with Crippen LogP contribution < -0.4 is 14.8 Å². The Labute approximate surface area is 152 Å². The van der Waals surface area contributed by atoms with Crippen molar-refractivity contribution < 1.29 is 18.7 Å². The first-order valence-electron chi connectivity index (χ1n) is 8.18. The lowest BCUT2D eigenvalue weighted by molar-refractivity contribution is 0.371. The van der Waals surface area contributed by atoms with Crippen LogP contribution in [0.15, 0.2) is 84.9 Å². The standard InChI is InChI=1S/C20H20NO4P/c21-20(15-16-11-13-17(22)14-12-16)26(23,24-18-7-3-1-4-8-18)25-19-9-5-2-6-10-19/h1-14,20,22H,15,21H2. The van der Waals surface area contributed by atoms with Gasteiger partial charge in [-0.25, -0.2) is 4.57 Å². The molecule has 26 heavy (non-hydrogen) atoms. The van der Waals surface area contributed by atoms with E-state index >= 15 is 0 Å². The van der Waals surface area contributed by atoms with E-state index in [0.717, 1.165) is 5.56 Å². The lowest BCUT2D eigenvalue weighted by Crippen LogP contribution is -2.28. The highest BCUT2D eigenvalue weighted by Crippen LogP contribution is 2.51. The van der Waals surface area contributed by atoms with E-state index in [2.05, 4.69) is 0 Å². The van der Waals surface area contributed by atoms with E-state index in [4.69, 9.17) is 14.8 Å². The van der Waals surface area contributed by atoms with E-state index in [9.17, 15) is 9.67 Å². The summed E-state index contributed by atoms with van der Waals surface area (Å²) in [7, 11) is -3.72. The van der Waals surface area contributed by atoms with Crippen molar-refractivity contribution in [1.82, 2.24) is 0 Å². The fraction of sp³-hybridized carbons (Fsp3) is 0.100. The molecule has 3 aromatic rings. The maximum Gasteiger partial charge on any atom is 0.447 e. The van der Waals surface area contributed by atoms with Gasteiger partial charge in [-0.05, 0) is 42.0 Å². The van der Waals surface area contributed by atoms with Crippen molar-refractivity contribution in [2.45, 2.75) is 12.2 Å². The number of phenols is 1. The zero-order chi connectivity index (χ0) is 18.4. The van der Waals surface area contributed by atoms with Crippen LogP contribution in [-0.2, 0) is 11.0 Å². The van der Waals surface area contributed by atoms with E-state index in [-0.39, 0.29) is 12.2 Å². The molecular formula is C20H20NO4P. The smallest absolute Gasteiger partial charge is 0.447 e. The maximum absolute atomic E-state index is 13.5. The van der Waals surface area contributed by atoms with Gasteiger partial charge in [-0.3, -0.25) is 0 Å². The molecule has 0 amide bonds. The normalized spacial score (nSPS) is 12.3. The van der Waals surface area contributed by atoms with Crippen LogP contribution in [0.2, 0.25) is 0 Å². The second kappa shape index (κ2) is 8.09. The van der Waals surface area contributed by atoms with Gasteiger partial charge in [0.25, 0.3) is 0 Å². The fourth-order valence-electron chi connectivity index (χ4n) is 2.40. The molecule has 1 atom stereocenters. The molecule has 0 fully saturated rings. The van der Waals surface area contributed by atoms with E-state index in [1.54, 1.807) is 72.8 Å². The summed E-state index contributed by atoms with van der Waals surface area (Å²) in [6, 6.07) is 24.2. The van der Waals surface area contributed by atoms with E-state index in [0.29, 0.717) is 11.5 Å². The second-order valence-electron chi connectivity index (χ2n) is 5.79. The van der Waals surface area contributed by atoms with Crippen molar-refractivity contribution >= 4 is 7.60 Å². The highest BCUT2D eigenvalue weighted by Gasteiger charge is 2.36. The minimum atomic E-state index is -3.72. The molecule has 0 aliphatic carbocycles. The molecule has 134 valence electrons. The van der Waals surface area contributed by atoms with Gasteiger partial charge in [0, 0.05) is 6.42 Å². The summed E-state index contributed by atoms with van der Waals surface area (Å²) >= 11 is 0. The van der Waals surface area contributed by atoms with Gasteiger partial charge in [-0.2, -0.15) is 0 Å². The summed E-state index contributed by atoms with van der Waals surface area (Å²) in [5, 5.41) is 9.40. The number of benzene rings is 3. The van der Waals surface area contributed by atoms with Crippen LogP contribution in [0.3, 0.4) is 0 Å². The lowest BCUT2D eigenvalue weighted by atomic mass is 10.1. The van der Waals surface area contributed by atoms with E-state index < -0.39 is 13.4 Å². The van der Waals surface area contributed by atoms with Gasteiger partial charge >= 0.3 is 7.60 Å². The molecule has 3 N–H and O–H groups in total. The minimum Gasteiger partial charge on any atom is -0.508 e. The first kappa shape index (κ1) is 18.1. The van der Waals surface area contributed by atoms with E-state index in [1.807, 2.05) is 12.1 Å². The minimum absolute atomic E-state index is 0.159. The molecule has 0 heterocycles. The number of hydrogen-bond donors (Lipinski definition) is 2. The summed E-state index contributed by atoms with van der Waals surface area (Å²) in [5.74, 6) is 0.125. The fourth-order valence-corrected chi connectivity index (χ4v) is 3.97. The number of rotatable bonds is 7. The molecule has 0 radical (unpaired) electrons. The Morgan fingerprint density at radius 1 is 0.808 bits per heavy atom. The predicted molar refractivity (Wildman–Crippen MR) is 102 cm³/mol. The van der Waals surface area contributed by atoms with Gasteiger partial charge in [-0.1, -0.05) is 48.5 Å². The van der Waals surface area contributed by atoms with Crippen LogP contribution >= 0.6 is 7.60 Å². The molecule has 0 bridgehead atoms. The summed E-state index contributed by atoms with van der Waals surface area (Å²) in [5.41, 5.74) is 7.07. The largest absolute Gasteiger partial charge is 0.508 e. The van der Waals surface area contributed by atoms with Gasteiger partial charge in [0.2, 0.25) is 0 Å². The zero-order valence-electron chi connectivity index (χ0n) is 14.1. The molecule has 0 aliphatic rings. The number of nitrogens with two attached hydrogens (primary N) is 1. The molecule has 0 saturated heterocycles. The van der Waals surface area contributed by atoms with Gasteiger partial charge in [-0.15, -0.1) is 0 Å². The Morgan fingerprint density at radius 3 is 1.73 bits per heavy atom. The summed E-state index contributed by atoms with van der Waals surface area (Å²) in [6.07, 6.45) is 0.275. The summed E-state index contributed by atoms with van der Waals surface area (Å²) in [4.78, 5) is 0. The number of hydrogen-bond acceptors (Lipinski definition) is 5. The van der Waals surface area contributed by atoms with Crippen LogP contribution in [0.5, 0.6) is 17.2 Å². The molecule has 1 unspecified atom stereocenters. The van der Waals surface area contributed by atoms with E-state index in [1.165, 1.54) is 0 Å². The topological polar surface area (TPSA) is 81.8 Å². The van der Waals surface area contributed by atoms with Crippen molar-refractivity contribution in [2.75, 3.05) is 0 Å². The SMILES string of the molecule is NC(Cc1ccc(O)cc1)P(=O)(Oc1ccccc1)Oc1ccccc1. The third-order valence-corrected chi connectivity index (χ3v) is 5.66. The molecular weight excluding hydrogens is 349 g/mol. The average molecular weight is 369 g/mol. The van der Waals surface area contributed by atoms with Crippen molar-refractivity contribution in [2.24, 2.45) is 5.73 Å². The van der Waals surface area contributed by atoms with Crippen LogP contribution in [0, 0.1) is 0 Å². The molecule has 0 aromatic heterocycles. The lowest BCUT2D eigenvalue weighted by Gasteiger charge is -2.25. The number of aromatic hydroxyl groups is 1. The Morgan fingerprint density at radius 2 is 1.27 bits per heavy atom. The van der Waals surface area contributed by atoms with Crippen molar-refractivity contribution in [3.63, 3.8) is 0 Å². The molecule has 0 aliphatic heterocycles. The zero-order valence-corrected chi connectivity index (χ0v) is 15.0. The highest BCUT2D eigenvalue weighted by molar-refractivity contribution is 7.55. The first-order valence-corrected chi connectivity index (χ1v) is 9.79. The maximum atomic E-state index is 13.5. The molecule has 0 saturated carbocycles. The third kappa shape index (κ3) is 4.66. The van der Waals surface area contributed by atoms with Crippen molar-refractivity contribution in [3.05, 3.63) is 90.5 Å². The Hall–Kier alpha value is -2.75. The van der Waals surface area contributed by atoms with Gasteiger partial charge in [0.1, 0.15) is 23.0 Å². The first-order chi connectivity index (χ1) is 12.5. The van der Waals surface area contributed by atoms with Crippen molar-refractivity contribution in [1.29, 1.82) is 0 Å².